The Balaban J connectivity index is 2.31. The summed E-state index contributed by atoms with van der Waals surface area (Å²) in [5, 5.41) is 7.37. The van der Waals surface area contributed by atoms with E-state index in [9.17, 15) is 0 Å². The zero-order chi connectivity index (χ0) is 13.2. The third kappa shape index (κ3) is 2.59. The molecule has 0 radical (unpaired) electrons. The largest absolute Gasteiger partial charge is 0.337 e. The summed E-state index contributed by atoms with van der Waals surface area (Å²) in [5.74, 6) is 1.25. The summed E-state index contributed by atoms with van der Waals surface area (Å²) in [7, 11) is 0. The molecular formula is C14H19N3O. The highest BCUT2D eigenvalue weighted by molar-refractivity contribution is 5.55. The second-order valence-electron chi connectivity index (χ2n) is 4.95. The lowest BCUT2D eigenvalue weighted by Crippen LogP contribution is -2.36. The van der Waals surface area contributed by atoms with Crippen LogP contribution in [0.2, 0.25) is 0 Å². The number of benzene rings is 1. The normalized spacial score (nSPS) is 11.8. The van der Waals surface area contributed by atoms with Crippen molar-refractivity contribution in [3.63, 3.8) is 0 Å². The van der Waals surface area contributed by atoms with Gasteiger partial charge < -0.3 is 9.84 Å². The van der Waals surface area contributed by atoms with Crippen molar-refractivity contribution in [2.24, 2.45) is 0 Å². The number of hydrogen-bond acceptors (Lipinski definition) is 4. The summed E-state index contributed by atoms with van der Waals surface area (Å²) in [5.41, 5.74) is 1.87. The van der Waals surface area contributed by atoms with Crippen LogP contribution in [0.1, 0.15) is 32.2 Å². The number of hydrogen-bond donors (Lipinski definition) is 1. The molecule has 96 valence electrons. The Labute approximate surface area is 107 Å². The minimum atomic E-state index is -0.302. The Morgan fingerprint density at radius 2 is 2.11 bits per heavy atom. The van der Waals surface area contributed by atoms with Crippen molar-refractivity contribution >= 4 is 0 Å². The molecule has 0 spiro atoms. The van der Waals surface area contributed by atoms with Gasteiger partial charge in [0, 0.05) is 5.56 Å². The maximum Gasteiger partial charge on any atom is 0.246 e. The van der Waals surface area contributed by atoms with E-state index in [2.05, 4.69) is 28.4 Å². The highest BCUT2D eigenvalue weighted by atomic mass is 16.5. The van der Waals surface area contributed by atoms with E-state index in [1.54, 1.807) is 0 Å². The molecule has 0 aliphatic heterocycles. The maximum atomic E-state index is 5.35. The minimum absolute atomic E-state index is 0.302. The molecule has 0 aliphatic rings. The van der Waals surface area contributed by atoms with Crippen LogP contribution in [0.15, 0.2) is 28.8 Å². The summed E-state index contributed by atoms with van der Waals surface area (Å²) in [6.45, 7) is 9.02. The van der Waals surface area contributed by atoms with Gasteiger partial charge in [-0.05, 0) is 33.4 Å². The number of aromatic nitrogens is 2. The van der Waals surface area contributed by atoms with Crippen molar-refractivity contribution in [3.05, 3.63) is 35.7 Å². The fraction of sp³-hybridized carbons (Fsp3) is 0.429. The molecule has 2 rings (SSSR count). The average Bonchev–Trinajstić information content (AvgIpc) is 2.78. The topological polar surface area (TPSA) is 51.0 Å². The van der Waals surface area contributed by atoms with Crippen LogP contribution in [-0.4, -0.2) is 16.7 Å². The Kier molecular flexibility index (Phi) is 3.48. The molecule has 0 fully saturated rings. The lowest BCUT2D eigenvalue weighted by atomic mass is 10.1. The quantitative estimate of drug-likeness (QED) is 0.899. The van der Waals surface area contributed by atoms with Gasteiger partial charge in [0.15, 0.2) is 0 Å². The van der Waals surface area contributed by atoms with Crippen LogP contribution >= 0.6 is 0 Å². The molecule has 4 heteroatoms. The standard InChI is InChI=1S/C14H19N3O/c1-5-15-14(3,4)13-16-12(17-18-13)11-8-6-7-10(2)9-11/h6-9,15H,5H2,1-4H3. The third-order valence-electron chi connectivity index (χ3n) is 2.86. The fourth-order valence-electron chi connectivity index (χ4n) is 1.90. The first-order valence-electron chi connectivity index (χ1n) is 6.19. The van der Waals surface area contributed by atoms with Crippen LogP contribution in [0, 0.1) is 6.92 Å². The second kappa shape index (κ2) is 4.90. The number of rotatable bonds is 4. The van der Waals surface area contributed by atoms with Crippen molar-refractivity contribution < 1.29 is 4.52 Å². The number of nitrogens with zero attached hydrogens (tertiary/aromatic N) is 2. The Hall–Kier alpha value is -1.68. The number of aryl methyl sites for hydroxylation is 1. The van der Waals surface area contributed by atoms with E-state index in [4.69, 9.17) is 4.52 Å². The monoisotopic (exact) mass is 245 g/mol. The molecule has 1 aromatic heterocycles. The van der Waals surface area contributed by atoms with E-state index >= 15 is 0 Å². The SMILES string of the molecule is CCNC(C)(C)c1nc(-c2cccc(C)c2)no1. The van der Waals surface area contributed by atoms with Gasteiger partial charge >= 0.3 is 0 Å². The smallest absolute Gasteiger partial charge is 0.246 e. The molecule has 1 N–H and O–H groups in total. The van der Waals surface area contributed by atoms with Crippen molar-refractivity contribution in [1.82, 2.24) is 15.5 Å². The molecule has 0 atom stereocenters. The molecule has 2 aromatic rings. The summed E-state index contributed by atoms with van der Waals surface area (Å²) in [6, 6.07) is 8.08. The molecule has 1 aromatic carbocycles. The summed E-state index contributed by atoms with van der Waals surface area (Å²) >= 11 is 0. The van der Waals surface area contributed by atoms with Gasteiger partial charge in [-0.25, -0.2) is 0 Å². The molecule has 0 amide bonds. The van der Waals surface area contributed by atoms with E-state index < -0.39 is 0 Å². The third-order valence-corrected chi connectivity index (χ3v) is 2.86. The first kappa shape index (κ1) is 12.8. The molecule has 4 nitrogen and oxygen atoms in total. The zero-order valence-corrected chi connectivity index (χ0v) is 11.3. The molecule has 1 heterocycles. The Morgan fingerprint density at radius 3 is 2.78 bits per heavy atom. The van der Waals surface area contributed by atoms with Gasteiger partial charge in [-0.2, -0.15) is 4.98 Å². The zero-order valence-electron chi connectivity index (χ0n) is 11.3. The van der Waals surface area contributed by atoms with Gasteiger partial charge in [0.05, 0.1) is 5.54 Å². The second-order valence-corrected chi connectivity index (χ2v) is 4.95. The highest BCUT2D eigenvalue weighted by Gasteiger charge is 2.26. The van der Waals surface area contributed by atoms with Crippen molar-refractivity contribution in [2.45, 2.75) is 33.2 Å². The lowest BCUT2D eigenvalue weighted by Gasteiger charge is -2.20. The first-order chi connectivity index (χ1) is 8.53. The van der Waals surface area contributed by atoms with Crippen LogP contribution in [0.4, 0.5) is 0 Å². The maximum absolute atomic E-state index is 5.35. The summed E-state index contributed by atoms with van der Waals surface area (Å²) in [4.78, 5) is 4.47. The van der Waals surface area contributed by atoms with Crippen molar-refractivity contribution in [2.75, 3.05) is 6.54 Å². The van der Waals surface area contributed by atoms with Gasteiger partial charge in [-0.15, -0.1) is 0 Å². The minimum Gasteiger partial charge on any atom is -0.337 e. The van der Waals surface area contributed by atoms with Gasteiger partial charge in [0.1, 0.15) is 0 Å². The average molecular weight is 245 g/mol. The number of nitrogens with one attached hydrogen (secondary N) is 1. The summed E-state index contributed by atoms with van der Waals surface area (Å²) in [6.07, 6.45) is 0. The van der Waals surface area contributed by atoms with Gasteiger partial charge in [0.2, 0.25) is 11.7 Å². The predicted molar refractivity (Wildman–Crippen MR) is 71.2 cm³/mol. The van der Waals surface area contributed by atoms with E-state index in [0.717, 1.165) is 12.1 Å². The highest BCUT2D eigenvalue weighted by Crippen LogP contribution is 2.22. The predicted octanol–water partition coefficient (Wildman–Crippen LogP) is 2.89. The molecule has 0 saturated heterocycles. The van der Waals surface area contributed by atoms with E-state index in [1.807, 2.05) is 39.0 Å². The Morgan fingerprint density at radius 1 is 1.33 bits per heavy atom. The Bertz CT molecular complexity index is 531. The summed E-state index contributed by atoms with van der Waals surface area (Å²) < 4.78 is 5.35. The molecule has 0 bridgehead atoms. The molecule has 0 unspecified atom stereocenters. The molecule has 0 aliphatic carbocycles. The molecular weight excluding hydrogens is 226 g/mol. The van der Waals surface area contributed by atoms with Crippen LogP contribution in [0.25, 0.3) is 11.4 Å². The van der Waals surface area contributed by atoms with Crippen LogP contribution in [0.5, 0.6) is 0 Å². The lowest BCUT2D eigenvalue weighted by molar-refractivity contribution is 0.272. The molecule has 18 heavy (non-hydrogen) atoms. The first-order valence-corrected chi connectivity index (χ1v) is 6.19. The van der Waals surface area contributed by atoms with E-state index in [-0.39, 0.29) is 5.54 Å². The van der Waals surface area contributed by atoms with Gasteiger partial charge in [0.25, 0.3) is 0 Å². The van der Waals surface area contributed by atoms with E-state index in [0.29, 0.717) is 11.7 Å². The van der Waals surface area contributed by atoms with E-state index in [1.165, 1.54) is 5.56 Å². The van der Waals surface area contributed by atoms with Crippen molar-refractivity contribution in [1.29, 1.82) is 0 Å². The fourth-order valence-corrected chi connectivity index (χ4v) is 1.90. The van der Waals surface area contributed by atoms with Crippen LogP contribution in [-0.2, 0) is 5.54 Å². The van der Waals surface area contributed by atoms with Crippen molar-refractivity contribution in [3.8, 4) is 11.4 Å². The van der Waals surface area contributed by atoms with Crippen LogP contribution in [0.3, 0.4) is 0 Å². The van der Waals surface area contributed by atoms with Gasteiger partial charge in [-0.1, -0.05) is 35.8 Å². The molecule has 0 saturated carbocycles. The van der Waals surface area contributed by atoms with Crippen LogP contribution < -0.4 is 5.32 Å². The van der Waals surface area contributed by atoms with Gasteiger partial charge in [-0.3, -0.25) is 0 Å².